The van der Waals surface area contributed by atoms with Crippen molar-refractivity contribution in [3.8, 4) is 44.5 Å². The van der Waals surface area contributed by atoms with Gasteiger partial charge in [0.25, 0.3) is 0 Å². The van der Waals surface area contributed by atoms with Crippen LogP contribution in [0, 0.1) is 0 Å². The van der Waals surface area contributed by atoms with Crippen LogP contribution in [-0.4, -0.2) is 0 Å². The van der Waals surface area contributed by atoms with Gasteiger partial charge in [-0.2, -0.15) is 0 Å². The van der Waals surface area contributed by atoms with Crippen molar-refractivity contribution in [1.82, 2.24) is 0 Å². The molecule has 1 nitrogen and oxygen atoms in total. The van der Waals surface area contributed by atoms with Gasteiger partial charge in [-0.05, 0) is 113 Å². The monoisotopic (exact) mass is 627 g/mol. The van der Waals surface area contributed by atoms with Crippen LogP contribution in [0.5, 0.6) is 0 Å². The first kappa shape index (κ1) is 23.0. The van der Waals surface area contributed by atoms with Gasteiger partial charge in [0.05, 0.1) is 6.85 Å². The van der Waals surface area contributed by atoms with E-state index in [9.17, 15) is 0 Å². The number of furan rings is 1. The molecule has 1 heterocycles. The van der Waals surface area contributed by atoms with Gasteiger partial charge >= 0.3 is 0 Å². The Morgan fingerprint density at radius 3 is 1.61 bits per heavy atom. The van der Waals surface area contributed by atoms with E-state index in [2.05, 4.69) is 115 Å². The zero-order chi connectivity index (χ0) is 36.7. The predicted octanol–water partition coefficient (Wildman–Crippen LogP) is 13.7. The molecule has 0 bridgehead atoms. The van der Waals surface area contributed by atoms with Crippen LogP contribution in [-0.2, 0) is 0 Å². The van der Waals surface area contributed by atoms with Crippen molar-refractivity contribution in [2.45, 2.75) is 0 Å². The van der Waals surface area contributed by atoms with E-state index in [1.54, 1.807) is 6.07 Å². The molecule has 0 aliphatic heterocycles. The van der Waals surface area contributed by atoms with Gasteiger partial charge in [0.1, 0.15) is 11.2 Å². The van der Waals surface area contributed by atoms with Gasteiger partial charge < -0.3 is 4.42 Å². The Balaban J connectivity index is 1.18. The minimum Gasteiger partial charge on any atom is -0.456 e. The van der Waals surface area contributed by atoms with E-state index in [1.807, 2.05) is 30.3 Å². The summed E-state index contributed by atoms with van der Waals surface area (Å²) in [6, 6.07) is 51.2. The van der Waals surface area contributed by atoms with E-state index in [0.717, 1.165) is 54.6 Å². The molecule has 1 heteroatoms. The summed E-state index contributed by atoms with van der Waals surface area (Å²) in [5.74, 6) is 0. The molecule has 10 aromatic rings. The van der Waals surface area contributed by atoms with Gasteiger partial charge in [-0.1, -0.05) is 145 Å². The van der Waals surface area contributed by atoms with Crippen LogP contribution in [0.4, 0.5) is 0 Å². The maximum Gasteiger partial charge on any atom is 0.136 e. The first-order valence-electron chi connectivity index (χ1n) is 18.9. The normalized spacial score (nSPS) is 13.1. The summed E-state index contributed by atoms with van der Waals surface area (Å²) in [4.78, 5) is 0. The lowest BCUT2D eigenvalue weighted by Gasteiger charge is -2.18. The summed E-state index contributed by atoms with van der Waals surface area (Å²) in [5.41, 5.74) is 9.27. The minimum absolute atomic E-state index is 0.191. The molecule has 10 rings (SSSR count). The molecule has 0 amide bonds. The zero-order valence-corrected chi connectivity index (χ0v) is 26.3. The molecule has 0 unspecified atom stereocenters. The molecule has 0 atom stereocenters. The number of hydrogen-bond donors (Lipinski definition) is 0. The highest BCUT2D eigenvalue weighted by atomic mass is 16.3. The van der Waals surface area contributed by atoms with Crippen molar-refractivity contribution in [2.24, 2.45) is 0 Å². The number of rotatable bonds is 4. The van der Waals surface area contributed by atoms with Crippen molar-refractivity contribution in [3.05, 3.63) is 182 Å². The van der Waals surface area contributed by atoms with Crippen molar-refractivity contribution < 1.29 is 11.3 Å². The zero-order valence-electron chi connectivity index (χ0n) is 31.3. The number of benzene rings is 9. The lowest BCUT2D eigenvalue weighted by molar-refractivity contribution is 0.669. The Hall–Kier alpha value is -6.44. The quantitative estimate of drug-likeness (QED) is 0.177. The minimum atomic E-state index is -0.399. The van der Waals surface area contributed by atoms with E-state index in [-0.39, 0.29) is 29.7 Å². The van der Waals surface area contributed by atoms with E-state index in [1.165, 1.54) is 33.0 Å². The number of hydrogen-bond acceptors (Lipinski definition) is 1. The third-order valence-electron chi connectivity index (χ3n) is 9.70. The summed E-state index contributed by atoms with van der Waals surface area (Å²) >= 11 is 0. The van der Waals surface area contributed by atoms with E-state index in [0.29, 0.717) is 5.56 Å². The van der Waals surface area contributed by atoms with Gasteiger partial charge in [-0.3, -0.25) is 0 Å². The fraction of sp³-hybridized carbons (Fsp3) is 0. The van der Waals surface area contributed by atoms with Gasteiger partial charge in [-0.25, -0.2) is 0 Å². The fourth-order valence-corrected chi connectivity index (χ4v) is 7.46. The highest BCUT2D eigenvalue weighted by molar-refractivity contribution is 6.22. The number of fused-ring (bicyclic) bond motifs is 6. The van der Waals surface area contributed by atoms with Crippen LogP contribution in [0.25, 0.3) is 98.8 Å². The molecular formula is C48H30O. The standard InChI is InChI=1S/C48H30O/c1-3-12-31(13-4-1)33-16-11-17-36(26-33)47-39-18-7-9-20-41(39)48(42-21-10-8-19-40(42)47)37-24-25-45-43(28-37)44-29-38-27-34(32-14-5-2-6-15-32)22-23-35(38)30-46(44)49-45/h1-30H/i2D,5D,6D,14D,15D. The van der Waals surface area contributed by atoms with Crippen molar-refractivity contribution in [2.75, 3.05) is 0 Å². The first-order valence-corrected chi connectivity index (χ1v) is 16.4. The summed E-state index contributed by atoms with van der Waals surface area (Å²) in [6.07, 6.45) is 0. The Kier molecular flexibility index (Phi) is 5.20. The lowest BCUT2D eigenvalue weighted by Crippen LogP contribution is -1.91. The molecule has 1 aromatic heterocycles. The van der Waals surface area contributed by atoms with E-state index < -0.39 is 6.04 Å². The summed E-state index contributed by atoms with van der Waals surface area (Å²) < 4.78 is 47.9. The molecule has 0 saturated heterocycles. The maximum absolute atomic E-state index is 8.53. The highest BCUT2D eigenvalue weighted by Crippen LogP contribution is 2.45. The predicted molar refractivity (Wildman–Crippen MR) is 208 cm³/mol. The SMILES string of the molecule is [2H]c1c([2H])c([2H])c(-c2ccc3cc4oc5ccc(-c6c7ccccc7c(-c7cccc(-c8ccccc8)c7)c7ccccc67)cc5c4cc3c2)c([2H])c1[2H]. The lowest BCUT2D eigenvalue weighted by atomic mass is 9.85. The average Bonchev–Trinajstić information content (AvgIpc) is 3.57. The first-order chi connectivity index (χ1) is 26.4. The summed E-state index contributed by atoms with van der Waals surface area (Å²) in [5, 5.41) is 8.43. The second kappa shape index (κ2) is 11.1. The Labute approximate surface area is 291 Å². The Morgan fingerprint density at radius 1 is 0.327 bits per heavy atom. The third-order valence-corrected chi connectivity index (χ3v) is 9.70. The van der Waals surface area contributed by atoms with E-state index >= 15 is 0 Å². The second-order valence-corrected chi connectivity index (χ2v) is 12.5. The van der Waals surface area contributed by atoms with Crippen molar-refractivity contribution in [3.63, 3.8) is 0 Å². The highest BCUT2D eigenvalue weighted by Gasteiger charge is 2.18. The van der Waals surface area contributed by atoms with Gasteiger partial charge in [0.15, 0.2) is 0 Å². The fourth-order valence-electron chi connectivity index (χ4n) is 7.46. The van der Waals surface area contributed by atoms with Crippen LogP contribution in [0.3, 0.4) is 0 Å². The van der Waals surface area contributed by atoms with Crippen molar-refractivity contribution >= 4 is 54.3 Å². The summed E-state index contributed by atoms with van der Waals surface area (Å²) in [6.45, 7) is 0. The smallest absolute Gasteiger partial charge is 0.136 e. The Morgan fingerprint density at radius 2 is 0.898 bits per heavy atom. The molecule has 0 N–H and O–H groups in total. The summed E-state index contributed by atoms with van der Waals surface area (Å²) in [7, 11) is 0. The topological polar surface area (TPSA) is 13.1 Å². The molecule has 0 fully saturated rings. The van der Waals surface area contributed by atoms with Gasteiger partial charge in [-0.15, -0.1) is 0 Å². The third kappa shape index (κ3) is 4.55. The van der Waals surface area contributed by atoms with Gasteiger partial charge in [0, 0.05) is 10.8 Å². The van der Waals surface area contributed by atoms with Crippen LogP contribution < -0.4 is 0 Å². The molecular weight excluding hydrogens is 593 g/mol. The molecule has 0 aliphatic rings. The van der Waals surface area contributed by atoms with Crippen LogP contribution >= 0.6 is 0 Å². The molecule has 0 radical (unpaired) electrons. The molecule has 0 aliphatic carbocycles. The van der Waals surface area contributed by atoms with E-state index in [4.69, 9.17) is 11.3 Å². The molecule has 0 saturated carbocycles. The molecule has 9 aromatic carbocycles. The maximum atomic E-state index is 8.53. The second-order valence-electron chi connectivity index (χ2n) is 12.5. The van der Waals surface area contributed by atoms with Crippen LogP contribution in [0.1, 0.15) is 6.85 Å². The molecule has 49 heavy (non-hydrogen) atoms. The molecule has 228 valence electrons. The van der Waals surface area contributed by atoms with Crippen LogP contribution in [0.15, 0.2) is 186 Å². The Bertz CT molecular complexity index is 3080. The van der Waals surface area contributed by atoms with Crippen molar-refractivity contribution in [1.29, 1.82) is 0 Å². The molecule has 0 spiro atoms. The van der Waals surface area contributed by atoms with Gasteiger partial charge in [0.2, 0.25) is 0 Å². The largest absolute Gasteiger partial charge is 0.456 e. The average molecular weight is 628 g/mol. The van der Waals surface area contributed by atoms with Crippen LogP contribution in [0.2, 0.25) is 0 Å².